The molecule has 0 aliphatic carbocycles. The van der Waals surface area contributed by atoms with Crippen molar-refractivity contribution in [1.29, 1.82) is 0 Å². The molecule has 0 saturated carbocycles. The van der Waals surface area contributed by atoms with E-state index in [2.05, 4.69) is 22.1 Å². The number of hydrogen-bond donors (Lipinski definition) is 1. The Morgan fingerprint density at radius 3 is 2.19 bits per heavy atom. The second kappa shape index (κ2) is 10.0. The smallest absolute Gasteiger partial charge is 0.366 e. The number of rotatable bonds is 7. The van der Waals surface area contributed by atoms with E-state index in [0.29, 0.717) is 17.8 Å². The van der Waals surface area contributed by atoms with Gasteiger partial charge >= 0.3 is 6.18 Å². The molecule has 2 aromatic carbocycles. The van der Waals surface area contributed by atoms with Gasteiger partial charge in [0.05, 0.1) is 17.4 Å². The van der Waals surface area contributed by atoms with Gasteiger partial charge < -0.3 is 15.5 Å². The van der Waals surface area contributed by atoms with Gasteiger partial charge in [0.1, 0.15) is 0 Å². The number of hydrogen-bond acceptors (Lipinski definition) is 4. The SMILES string of the molecule is NC(=O)c1ccc(-n2ncc(C(=O)N3CC4CN(CCCc5ccccc5)C[C@H]4C3)c2C(F)(F)F)cc1. The molecule has 2 saturated heterocycles. The highest BCUT2D eigenvalue weighted by atomic mass is 19.4. The maximum Gasteiger partial charge on any atom is 0.434 e. The maximum absolute atomic E-state index is 14.1. The lowest BCUT2D eigenvalue weighted by atomic mass is 10.0. The number of likely N-dealkylation sites (tertiary alicyclic amines) is 2. The van der Waals surface area contributed by atoms with E-state index >= 15 is 0 Å². The Balaban J connectivity index is 1.24. The van der Waals surface area contributed by atoms with Crippen LogP contribution in [0.2, 0.25) is 0 Å². The van der Waals surface area contributed by atoms with Gasteiger partial charge in [-0.2, -0.15) is 18.3 Å². The van der Waals surface area contributed by atoms with E-state index in [1.807, 2.05) is 18.2 Å². The molecule has 0 bridgehead atoms. The number of amides is 2. The normalized spacial score (nSPS) is 19.8. The van der Waals surface area contributed by atoms with Gasteiger partial charge in [-0.1, -0.05) is 30.3 Å². The minimum atomic E-state index is -4.80. The van der Waals surface area contributed by atoms with Crippen LogP contribution in [0.4, 0.5) is 13.2 Å². The topological polar surface area (TPSA) is 84.5 Å². The highest BCUT2D eigenvalue weighted by Crippen LogP contribution is 2.37. The van der Waals surface area contributed by atoms with Crippen molar-refractivity contribution < 1.29 is 22.8 Å². The Labute approximate surface area is 212 Å². The van der Waals surface area contributed by atoms with Gasteiger partial charge in [0, 0.05) is 31.7 Å². The lowest BCUT2D eigenvalue weighted by Crippen LogP contribution is -2.34. The molecule has 1 aromatic heterocycles. The summed E-state index contributed by atoms with van der Waals surface area (Å²) in [4.78, 5) is 28.5. The van der Waals surface area contributed by atoms with Gasteiger partial charge in [-0.15, -0.1) is 0 Å². The van der Waals surface area contributed by atoms with Crippen LogP contribution in [0, 0.1) is 11.8 Å². The van der Waals surface area contributed by atoms with Gasteiger partial charge in [0.25, 0.3) is 5.91 Å². The van der Waals surface area contributed by atoms with Crippen LogP contribution in [0.1, 0.15) is 38.4 Å². The summed E-state index contributed by atoms with van der Waals surface area (Å²) in [6.07, 6.45) is -1.76. The molecule has 2 N–H and O–H groups in total. The molecule has 2 aliphatic heterocycles. The van der Waals surface area contributed by atoms with Crippen LogP contribution in [0.25, 0.3) is 5.69 Å². The summed E-state index contributed by atoms with van der Waals surface area (Å²) in [6.45, 7) is 3.54. The number of carbonyl (C=O) groups excluding carboxylic acids is 2. The quantitative estimate of drug-likeness (QED) is 0.525. The molecule has 2 fully saturated rings. The number of aryl methyl sites for hydroxylation is 1. The zero-order valence-corrected chi connectivity index (χ0v) is 20.2. The molecule has 37 heavy (non-hydrogen) atoms. The van der Waals surface area contributed by atoms with Crippen LogP contribution < -0.4 is 5.73 Å². The van der Waals surface area contributed by atoms with E-state index in [0.717, 1.165) is 38.7 Å². The lowest BCUT2D eigenvalue weighted by molar-refractivity contribution is -0.143. The van der Waals surface area contributed by atoms with E-state index in [1.54, 1.807) is 0 Å². The Hall–Kier alpha value is -3.66. The fourth-order valence-corrected chi connectivity index (χ4v) is 5.50. The monoisotopic (exact) mass is 511 g/mol. The first-order valence-corrected chi connectivity index (χ1v) is 12.3. The molecule has 5 rings (SSSR count). The van der Waals surface area contributed by atoms with Crippen molar-refractivity contribution in [3.63, 3.8) is 0 Å². The molecule has 1 unspecified atom stereocenters. The highest BCUT2D eigenvalue weighted by Gasteiger charge is 2.45. The van der Waals surface area contributed by atoms with Crippen LogP contribution in [0.15, 0.2) is 60.8 Å². The van der Waals surface area contributed by atoms with Crippen LogP contribution in [-0.2, 0) is 12.6 Å². The first-order chi connectivity index (χ1) is 17.7. The summed E-state index contributed by atoms with van der Waals surface area (Å²) < 4.78 is 43.0. The predicted octanol–water partition coefficient (Wildman–Crippen LogP) is 3.63. The summed E-state index contributed by atoms with van der Waals surface area (Å²) in [6, 6.07) is 15.6. The molecular formula is C27H28F3N5O2. The molecule has 2 amide bonds. The predicted molar refractivity (Wildman–Crippen MR) is 131 cm³/mol. The molecule has 3 heterocycles. The molecule has 7 nitrogen and oxygen atoms in total. The molecule has 10 heteroatoms. The number of benzene rings is 2. The molecule has 2 atom stereocenters. The highest BCUT2D eigenvalue weighted by molar-refractivity contribution is 5.96. The van der Waals surface area contributed by atoms with Crippen LogP contribution >= 0.6 is 0 Å². The third-order valence-corrected chi connectivity index (χ3v) is 7.30. The molecule has 0 radical (unpaired) electrons. The number of alkyl halides is 3. The Bertz CT molecular complexity index is 1260. The van der Waals surface area contributed by atoms with E-state index in [4.69, 9.17) is 5.73 Å². The summed E-state index contributed by atoms with van der Waals surface area (Å²) in [7, 11) is 0. The molecule has 2 aliphatic rings. The fraction of sp³-hybridized carbons (Fsp3) is 0.370. The van der Waals surface area contributed by atoms with E-state index in [-0.39, 0.29) is 23.1 Å². The average Bonchev–Trinajstić information content (AvgIpc) is 3.58. The standard InChI is InChI=1S/C27H28F3N5O2/c28-27(29,30)24-23(13-32-35(24)22-10-8-19(9-11-22)25(31)36)26(37)34-16-20-14-33(15-21(20)17-34)12-4-7-18-5-2-1-3-6-18/h1-3,5-6,8-11,13,20-21H,4,7,12,14-17H2,(H2,31,36)/t20-,21?/m0/s1. The van der Waals surface area contributed by atoms with Crippen LogP contribution in [0.3, 0.4) is 0 Å². The average molecular weight is 512 g/mol. The minimum Gasteiger partial charge on any atom is -0.366 e. The van der Waals surface area contributed by atoms with Crippen molar-refractivity contribution in [1.82, 2.24) is 19.6 Å². The molecule has 0 spiro atoms. The second-order valence-corrected chi connectivity index (χ2v) is 9.81. The van der Waals surface area contributed by atoms with E-state index < -0.39 is 29.2 Å². The van der Waals surface area contributed by atoms with E-state index in [9.17, 15) is 22.8 Å². The second-order valence-electron chi connectivity index (χ2n) is 9.81. The number of aromatic nitrogens is 2. The van der Waals surface area contributed by atoms with Crippen molar-refractivity contribution in [2.24, 2.45) is 17.6 Å². The Morgan fingerprint density at radius 2 is 1.59 bits per heavy atom. The number of carbonyl (C=O) groups is 2. The molecule has 194 valence electrons. The third kappa shape index (κ3) is 5.24. The largest absolute Gasteiger partial charge is 0.434 e. The summed E-state index contributed by atoms with van der Waals surface area (Å²) in [5.74, 6) is -0.830. The number of nitrogens with two attached hydrogens (primary N) is 1. The van der Waals surface area contributed by atoms with Crippen molar-refractivity contribution in [3.05, 3.63) is 83.2 Å². The first kappa shape index (κ1) is 25.0. The van der Waals surface area contributed by atoms with Crippen molar-refractivity contribution in [3.8, 4) is 5.69 Å². The number of fused-ring (bicyclic) bond motifs is 1. The number of nitrogens with zero attached hydrogens (tertiary/aromatic N) is 4. The zero-order chi connectivity index (χ0) is 26.2. The van der Waals surface area contributed by atoms with E-state index in [1.165, 1.54) is 34.7 Å². The van der Waals surface area contributed by atoms with Gasteiger partial charge in [0.2, 0.25) is 5.91 Å². The van der Waals surface area contributed by atoms with Crippen molar-refractivity contribution in [2.75, 3.05) is 32.7 Å². The van der Waals surface area contributed by atoms with Crippen LogP contribution in [-0.4, -0.2) is 64.1 Å². The van der Waals surface area contributed by atoms with Gasteiger partial charge in [-0.05, 0) is 61.1 Å². The van der Waals surface area contributed by atoms with Crippen LogP contribution in [0.5, 0.6) is 0 Å². The van der Waals surface area contributed by atoms with Crippen molar-refractivity contribution >= 4 is 11.8 Å². The summed E-state index contributed by atoms with van der Waals surface area (Å²) >= 11 is 0. The Morgan fingerprint density at radius 1 is 0.946 bits per heavy atom. The minimum absolute atomic E-state index is 0.0841. The van der Waals surface area contributed by atoms with Gasteiger partial charge in [-0.25, -0.2) is 4.68 Å². The lowest BCUT2D eigenvalue weighted by Gasteiger charge is -2.22. The molecule has 3 aromatic rings. The van der Waals surface area contributed by atoms with Gasteiger partial charge in [-0.3, -0.25) is 9.59 Å². The number of primary amides is 1. The Kier molecular flexibility index (Phi) is 6.76. The van der Waals surface area contributed by atoms with Gasteiger partial charge in [0.15, 0.2) is 5.69 Å². The fourth-order valence-electron chi connectivity index (χ4n) is 5.50. The van der Waals surface area contributed by atoms with Crippen molar-refractivity contribution in [2.45, 2.75) is 19.0 Å². The maximum atomic E-state index is 14.1. The summed E-state index contributed by atoms with van der Waals surface area (Å²) in [5, 5.41) is 3.89. The summed E-state index contributed by atoms with van der Waals surface area (Å²) in [5.41, 5.74) is 5.19. The molecular weight excluding hydrogens is 483 g/mol. The first-order valence-electron chi connectivity index (χ1n) is 12.3. The zero-order valence-electron chi connectivity index (χ0n) is 20.2. The third-order valence-electron chi connectivity index (χ3n) is 7.30. The number of halogens is 3.